The molecule has 2 heterocycles. The molecular formula is C15H25F3N2O. The highest BCUT2D eigenvalue weighted by Crippen LogP contribution is 2.44. The zero-order valence-corrected chi connectivity index (χ0v) is 12.4. The first-order chi connectivity index (χ1) is 9.98. The van der Waals surface area contributed by atoms with Crippen LogP contribution in [0.1, 0.15) is 44.9 Å². The van der Waals surface area contributed by atoms with E-state index in [1.807, 2.05) is 0 Å². The third-order valence-corrected chi connectivity index (χ3v) is 5.34. The topological polar surface area (TPSA) is 24.5 Å². The summed E-state index contributed by atoms with van der Waals surface area (Å²) in [6, 6.07) is 0.0943. The maximum absolute atomic E-state index is 13.0. The summed E-state index contributed by atoms with van der Waals surface area (Å²) in [7, 11) is 0. The van der Waals surface area contributed by atoms with Crippen molar-refractivity contribution in [3.8, 4) is 0 Å². The van der Waals surface area contributed by atoms with Crippen LogP contribution in [0.25, 0.3) is 0 Å². The fourth-order valence-corrected chi connectivity index (χ4v) is 4.11. The average molecular weight is 306 g/mol. The van der Waals surface area contributed by atoms with Crippen LogP contribution >= 0.6 is 0 Å². The predicted octanol–water partition coefficient (Wildman–Crippen LogP) is 2.70. The van der Waals surface area contributed by atoms with Crippen molar-refractivity contribution < 1.29 is 17.9 Å². The number of hydrogen-bond donors (Lipinski definition) is 1. The van der Waals surface area contributed by atoms with Gasteiger partial charge in [0, 0.05) is 18.7 Å². The zero-order valence-electron chi connectivity index (χ0n) is 12.4. The van der Waals surface area contributed by atoms with Crippen LogP contribution in [0.4, 0.5) is 13.2 Å². The van der Waals surface area contributed by atoms with E-state index in [1.165, 1.54) is 0 Å². The average Bonchev–Trinajstić information content (AvgIpc) is 2.43. The Hall–Kier alpha value is -0.330. The fraction of sp³-hybridized carbons (Fsp3) is 1.00. The molecule has 1 spiro atoms. The van der Waals surface area contributed by atoms with Gasteiger partial charge in [-0.15, -0.1) is 0 Å². The highest BCUT2D eigenvalue weighted by atomic mass is 19.4. The van der Waals surface area contributed by atoms with Gasteiger partial charge in [0.1, 0.15) is 0 Å². The quantitative estimate of drug-likeness (QED) is 0.867. The van der Waals surface area contributed by atoms with Crippen molar-refractivity contribution in [1.82, 2.24) is 10.2 Å². The Morgan fingerprint density at radius 3 is 2.38 bits per heavy atom. The molecule has 3 rings (SSSR count). The molecule has 1 unspecified atom stereocenters. The number of ether oxygens (including phenoxy) is 1. The largest absolute Gasteiger partial charge is 0.401 e. The Labute approximate surface area is 124 Å². The predicted molar refractivity (Wildman–Crippen MR) is 74.2 cm³/mol. The maximum Gasteiger partial charge on any atom is 0.401 e. The van der Waals surface area contributed by atoms with Crippen molar-refractivity contribution in [2.75, 3.05) is 26.2 Å². The third-order valence-electron chi connectivity index (χ3n) is 5.34. The van der Waals surface area contributed by atoms with Crippen LogP contribution < -0.4 is 5.32 Å². The van der Waals surface area contributed by atoms with E-state index in [0.717, 1.165) is 58.0 Å². The highest BCUT2D eigenvalue weighted by molar-refractivity contribution is 4.98. The standard InChI is InChI=1S/C15H25F3N2O/c16-15(17,18)11-20(12-2-7-19-8-3-12)13-4-9-21-14(10-13)5-1-6-14/h12-13,19H,1-11H2. The van der Waals surface area contributed by atoms with Crippen LogP contribution in [0.5, 0.6) is 0 Å². The Morgan fingerprint density at radius 1 is 1.10 bits per heavy atom. The molecule has 1 N–H and O–H groups in total. The Bertz CT molecular complexity index is 351. The molecule has 2 saturated heterocycles. The van der Waals surface area contributed by atoms with Crippen LogP contribution in [0, 0.1) is 0 Å². The number of nitrogens with zero attached hydrogens (tertiary/aromatic N) is 1. The first-order valence-corrected chi connectivity index (χ1v) is 8.15. The van der Waals surface area contributed by atoms with Gasteiger partial charge in [0.05, 0.1) is 12.1 Å². The molecule has 0 aromatic carbocycles. The molecule has 1 atom stereocenters. The Balaban J connectivity index is 1.70. The van der Waals surface area contributed by atoms with E-state index >= 15 is 0 Å². The molecule has 6 heteroatoms. The van der Waals surface area contributed by atoms with Crippen molar-refractivity contribution in [3.63, 3.8) is 0 Å². The van der Waals surface area contributed by atoms with Gasteiger partial charge >= 0.3 is 6.18 Å². The van der Waals surface area contributed by atoms with Gasteiger partial charge in [-0.25, -0.2) is 0 Å². The molecule has 3 fully saturated rings. The van der Waals surface area contributed by atoms with Gasteiger partial charge in [-0.1, -0.05) is 0 Å². The summed E-state index contributed by atoms with van der Waals surface area (Å²) in [5, 5.41) is 3.24. The lowest BCUT2D eigenvalue weighted by Gasteiger charge is -2.51. The van der Waals surface area contributed by atoms with Crippen molar-refractivity contribution in [2.45, 2.75) is 68.8 Å². The minimum Gasteiger partial charge on any atom is -0.375 e. The molecule has 0 amide bonds. The molecule has 3 nitrogen and oxygen atoms in total. The van der Waals surface area contributed by atoms with Crippen LogP contribution in [0.15, 0.2) is 0 Å². The van der Waals surface area contributed by atoms with E-state index in [0.29, 0.717) is 6.61 Å². The monoisotopic (exact) mass is 306 g/mol. The summed E-state index contributed by atoms with van der Waals surface area (Å²) in [6.45, 7) is 1.50. The molecule has 0 aromatic rings. The van der Waals surface area contributed by atoms with Crippen molar-refractivity contribution in [3.05, 3.63) is 0 Å². The number of rotatable bonds is 3. The van der Waals surface area contributed by atoms with E-state index < -0.39 is 12.7 Å². The molecule has 21 heavy (non-hydrogen) atoms. The lowest BCUT2D eigenvalue weighted by molar-refractivity contribution is -0.185. The minimum atomic E-state index is -4.12. The molecular weight excluding hydrogens is 281 g/mol. The smallest absolute Gasteiger partial charge is 0.375 e. The summed E-state index contributed by atoms with van der Waals surface area (Å²) in [5.74, 6) is 0. The Morgan fingerprint density at radius 2 is 1.81 bits per heavy atom. The lowest BCUT2D eigenvalue weighted by atomic mass is 9.73. The fourth-order valence-electron chi connectivity index (χ4n) is 4.11. The van der Waals surface area contributed by atoms with E-state index in [9.17, 15) is 13.2 Å². The van der Waals surface area contributed by atoms with E-state index in [-0.39, 0.29) is 17.7 Å². The van der Waals surface area contributed by atoms with Gasteiger partial charge in [0.25, 0.3) is 0 Å². The van der Waals surface area contributed by atoms with Crippen molar-refractivity contribution in [2.24, 2.45) is 0 Å². The van der Waals surface area contributed by atoms with E-state index in [1.54, 1.807) is 4.90 Å². The molecule has 0 aromatic heterocycles. The maximum atomic E-state index is 13.0. The molecule has 1 aliphatic carbocycles. The SMILES string of the molecule is FC(F)(F)CN(C1CCNCC1)C1CCOC2(CCC2)C1. The van der Waals surface area contributed by atoms with Gasteiger partial charge in [-0.2, -0.15) is 13.2 Å². The first-order valence-electron chi connectivity index (χ1n) is 8.15. The molecule has 0 radical (unpaired) electrons. The summed E-state index contributed by atoms with van der Waals surface area (Å²) in [4.78, 5) is 1.75. The van der Waals surface area contributed by atoms with E-state index in [4.69, 9.17) is 4.74 Å². The number of halogens is 3. The summed E-state index contributed by atoms with van der Waals surface area (Å²) in [6.07, 6.45) is 2.25. The summed E-state index contributed by atoms with van der Waals surface area (Å²) < 4.78 is 44.9. The molecule has 2 aliphatic heterocycles. The van der Waals surface area contributed by atoms with Gasteiger partial charge in [0.2, 0.25) is 0 Å². The van der Waals surface area contributed by atoms with Gasteiger partial charge in [-0.3, -0.25) is 4.90 Å². The second-order valence-electron chi connectivity index (χ2n) is 6.80. The third kappa shape index (κ3) is 3.71. The van der Waals surface area contributed by atoms with Crippen LogP contribution in [0.2, 0.25) is 0 Å². The minimum absolute atomic E-state index is 0.0313. The van der Waals surface area contributed by atoms with Crippen molar-refractivity contribution >= 4 is 0 Å². The normalized spacial score (nSPS) is 30.6. The molecule has 122 valence electrons. The molecule has 3 aliphatic rings. The summed E-state index contributed by atoms with van der Waals surface area (Å²) >= 11 is 0. The van der Waals surface area contributed by atoms with Crippen molar-refractivity contribution in [1.29, 1.82) is 0 Å². The van der Waals surface area contributed by atoms with Crippen LogP contribution in [-0.2, 0) is 4.74 Å². The molecule has 1 saturated carbocycles. The van der Waals surface area contributed by atoms with Crippen LogP contribution in [0.3, 0.4) is 0 Å². The second kappa shape index (κ2) is 6.05. The Kier molecular flexibility index (Phi) is 4.48. The zero-order chi connectivity index (χ0) is 14.9. The number of hydrogen-bond acceptors (Lipinski definition) is 3. The van der Waals surface area contributed by atoms with E-state index in [2.05, 4.69) is 5.32 Å². The van der Waals surface area contributed by atoms with Gasteiger partial charge < -0.3 is 10.1 Å². The number of piperidine rings is 1. The van der Waals surface area contributed by atoms with Gasteiger partial charge in [-0.05, 0) is 58.0 Å². The summed E-state index contributed by atoms with van der Waals surface area (Å²) in [5.41, 5.74) is -0.0975. The first kappa shape index (κ1) is 15.6. The second-order valence-corrected chi connectivity index (χ2v) is 6.80. The van der Waals surface area contributed by atoms with Gasteiger partial charge in [0.15, 0.2) is 0 Å². The molecule has 0 bridgehead atoms. The van der Waals surface area contributed by atoms with Crippen LogP contribution in [-0.4, -0.2) is 55.0 Å². The highest BCUT2D eigenvalue weighted by Gasteiger charge is 2.46. The lowest BCUT2D eigenvalue weighted by Crippen LogP contribution is -2.57. The number of alkyl halides is 3. The number of nitrogens with one attached hydrogen (secondary N) is 1.